The van der Waals surface area contributed by atoms with Crippen molar-refractivity contribution in [3.8, 4) is 10.8 Å². The largest absolute Gasteiger partial charge is 0.480 e. The van der Waals surface area contributed by atoms with Gasteiger partial charge in [0.25, 0.3) is 0 Å². The highest BCUT2D eigenvalue weighted by Gasteiger charge is 2.18. The number of amides is 1. The van der Waals surface area contributed by atoms with Crippen LogP contribution in [-0.4, -0.2) is 28.0 Å². The zero-order valence-electron chi connectivity index (χ0n) is 10.8. The van der Waals surface area contributed by atoms with Gasteiger partial charge in [0.15, 0.2) is 0 Å². The minimum atomic E-state index is -1.04. The van der Waals surface area contributed by atoms with Gasteiger partial charge in [0.2, 0.25) is 11.8 Å². The predicted octanol–water partition coefficient (Wildman–Crippen LogP) is 1.92. The first kappa shape index (κ1) is 14.3. The van der Waals surface area contributed by atoms with E-state index in [1.54, 1.807) is 6.92 Å². The Balaban J connectivity index is 1.97. The molecule has 2 rings (SSSR count). The number of oxazole rings is 1. The van der Waals surface area contributed by atoms with Crippen LogP contribution >= 0.6 is 11.3 Å². The summed E-state index contributed by atoms with van der Waals surface area (Å²) < 4.78 is 5.29. The van der Waals surface area contributed by atoms with Crippen LogP contribution in [-0.2, 0) is 16.0 Å². The van der Waals surface area contributed by atoms with Gasteiger partial charge in [-0.3, -0.25) is 4.79 Å². The van der Waals surface area contributed by atoms with Crippen LogP contribution in [0.3, 0.4) is 0 Å². The summed E-state index contributed by atoms with van der Waals surface area (Å²) >= 11 is 1.49. The number of nitrogens with one attached hydrogen (secondary N) is 1. The molecule has 0 radical (unpaired) electrons. The topological polar surface area (TPSA) is 92.4 Å². The third kappa shape index (κ3) is 3.45. The molecule has 2 N–H and O–H groups in total. The van der Waals surface area contributed by atoms with Gasteiger partial charge in [0.05, 0.1) is 17.0 Å². The van der Waals surface area contributed by atoms with Crippen molar-refractivity contribution in [3.05, 3.63) is 29.5 Å². The molecule has 6 nitrogen and oxygen atoms in total. The van der Waals surface area contributed by atoms with Gasteiger partial charge >= 0.3 is 5.97 Å². The number of thiophene rings is 1. The van der Waals surface area contributed by atoms with Gasteiger partial charge in [-0.1, -0.05) is 13.0 Å². The van der Waals surface area contributed by atoms with Crippen LogP contribution in [0.1, 0.15) is 19.0 Å². The van der Waals surface area contributed by atoms with Gasteiger partial charge in [-0.2, -0.15) is 0 Å². The smallest absolute Gasteiger partial charge is 0.326 e. The van der Waals surface area contributed by atoms with E-state index in [2.05, 4.69) is 10.3 Å². The van der Waals surface area contributed by atoms with E-state index in [0.717, 1.165) is 4.88 Å². The van der Waals surface area contributed by atoms with Gasteiger partial charge in [-0.15, -0.1) is 11.3 Å². The predicted molar refractivity (Wildman–Crippen MR) is 73.4 cm³/mol. The Kier molecular flexibility index (Phi) is 4.52. The number of hydrogen-bond acceptors (Lipinski definition) is 5. The van der Waals surface area contributed by atoms with Crippen molar-refractivity contribution in [2.45, 2.75) is 25.8 Å². The molecule has 0 spiro atoms. The number of hydrogen-bond donors (Lipinski definition) is 2. The summed E-state index contributed by atoms with van der Waals surface area (Å²) in [5, 5.41) is 13.2. The molecule has 0 saturated carbocycles. The van der Waals surface area contributed by atoms with Gasteiger partial charge in [-0.05, 0) is 17.9 Å². The lowest BCUT2D eigenvalue weighted by Gasteiger charge is -2.11. The first-order chi connectivity index (χ1) is 9.60. The van der Waals surface area contributed by atoms with Crippen LogP contribution in [0.4, 0.5) is 0 Å². The first-order valence-electron chi connectivity index (χ1n) is 6.10. The summed E-state index contributed by atoms with van der Waals surface area (Å²) in [5.74, 6) is -0.960. The molecule has 1 amide bonds. The number of carboxylic acid groups (broad SMARTS) is 1. The molecule has 0 aromatic carbocycles. The Bertz CT molecular complexity index is 591. The number of aromatic nitrogens is 1. The van der Waals surface area contributed by atoms with Gasteiger partial charge in [0.1, 0.15) is 12.3 Å². The van der Waals surface area contributed by atoms with Gasteiger partial charge in [0, 0.05) is 0 Å². The van der Waals surface area contributed by atoms with Crippen molar-refractivity contribution >= 4 is 23.2 Å². The Morgan fingerprint density at radius 1 is 1.55 bits per heavy atom. The zero-order valence-corrected chi connectivity index (χ0v) is 11.6. The third-order valence-corrected chi connectivity index (χ3v) is 3.52. The van der Waals surface area contributed by atoms with Crippen LogP contribution in [0.25, 0.3) is 10.8 Å². The lowest BCUT2D eigenvalue weighted by atomic mass is 10.2. The SMILES string of the molecule is CCC(NC(=O)Cc1coc(-c2cccs2)n1)C(=O)O. The summed E-state index contributed by atoms with van der Waals surface area (Å²) in [5.41, 5.74) is 0.478. The minimum Gasteiger partial charge on any atom is -0.480 e. The molecule has 2 heterocycles. The highest BCUT2D eigenvalue weighted by molar-refractivity contribution is 7.13. The second kappa shape index (κ2) is 6.33. The number of nitrogens with zero attached hydrogens (tertiary/aromatic N) is 1. The van der Waals surface area contributed by atoms with Crippen LogP contribution in [0.5, 0.6) is 0 Å². The quantitative estimate of drug-likeness (QED) is 0.849. The molecule has 1 unspecified atom stereocenters. The van der Waals surface area contributed by atoms with E-state index >= 15 is 0 Å². The molecule has 0 saturated heterocycles. The lowest BCUT2D eigenvalue weighted by Crippen LogP contribution is -2.41. The maximum atomic E-state index is 11.7. The van der Waals surface area contributed by atoms with E-state index in [1.807, 2.05) is 17.5 Å². The van der Waals surface area contributed by atoms with E-state index in [9.17, 15) is 9.59 Å². The van der Waals surface area contributed by atoms with Crippen LogP contribution in [0.15, 0.2) is 28.2 Å². The molecule has 0 aliphatic rings. The van der Waals surface area contributed by atoms with E-state index in [1.165, 1.54) is 17.6 Å². The average Bonchev–Trinajstić information content (AvgIpc) is 3.05. The number of carbonyl (C=O) groups is 2. The molecule has 0 bridgehead atoms. The van der Waals surface area contributed by atoms with Crippen molar-refractivity contribution in [2.24, 2.45) is 0 Å². The van der Waals surface area contributed by atoms with Crippen molar-refractivity contribution in [3.63, 3.8) is 0 Å². The van der Waals surface area contributed by atoms with Gasteiger partial charge in [-0.25, -0.2) is 9.78 Å². The number of carbonyl (C=O) groups excluding carboxylic acids is 1. The molecule has 0 fully saturated rings. The Morgan fingerprint density at radius 2 is 2.35 bits per heavy atom. The molecule has 2 aromatic rings. The summed E-state index contributed by atoms with van der Waals surface area (Å²) in [6, 6.07) is 2.89. The van der Waals surface area contributed by atoms with E-state index in [4.69, 9.17) is 9.52 Å². The summed E-state index contributed by atoms with van der Waals surface area (Å²) in [6.45, 7) is 1.70. The van der Waals surface area contributed by atoms with Crippen LogP contribution in [0, 0.1) is 0 Å². The molecule has 1 atom stereocenters. The summed E-state index contributed by atoms with van der Waals surface area (Å²) in [4.78, 5) is 27.6. The first-order valence-corrected chi connectivity index (χ1v) is 6.98. The zero-order chi connectivity index (χ0) is 14.5. The van der Waals surface area contributed by atoms with Crippen molar-refractivity contribution in [2.75, 3.05) is 0 Å². The third-order valence-electron chi connectivity index (χ3n) is 2.67. The number of carboxylic acids is 1. The Morgan fingerprint density at radius 3 is 2.95 bits per heavy atom. The summed E-state index contributed by atoms with van der Waals surface area (Å²) in [6.07, 6.45) is 1.75. The van der Waals surface area contributed by atoms with E-state index < -0.39 is 12.0 Å². The van der Waals surface area contributed by atoms with E-state index in [0.29, 0.717) is 18.0 Å². The van der Waals surface area contributed by atoms with Crippen LogP contribution in [0.2, 0.25) is 0 Å². The normalized spacial score (nSPS) is 12.1. The summed E-state index contributed by atoms with van der Waals surface area (Å²) in [7, 11) is 0. The number of aliphatic carboxylic acids is 1. The van der Waals surface area contributed by atoms with E-state index in [-0.39, 0.29) is 12.3 Å². The van der Waals surface area contributed by atoms with Gasteiger partial charge < -0.3 is 14.8 Å². The molecular formula is C13H14N2O4S. The maximum Gasteiger partial charge on any atom is 0.326 e. The molecule has 7 heteroatoms. The van der Waals surface area contributed by atoms with Crippen LogP contribution < -0.4 is 5.32 Å². The fourth-order valence-corrected chi connectivity index (χ4v) is 2.31. The van der Waals surface area contributed by atoms with Crippen molar-refractivity contribution < 1.29 is 19.1 Å². The molecule has 2 aromatic heterocycles. The molecule has 106 valence electrons. The Hall–Kier alpha value is -2.15. The monoisotopic (exact) mass is 294 g/mol. The maximum absolute atomic E-state index is 11.7. The highest BCUT2D eigenvalue weighted by atomic mass is 32.1. The fourth-order valence-electron chi connectivity index (χ4n) is 1.65. The Labute approximate surface area is 119 Å². The minimum absolute atomic E-state index is 0.00133. The standard InChI is InChI=1S/C13H14N2O4S/c1-2-9(13(17)18)15-11(16)6-8-7-19-12(14-8)10-4-3-5-20-10/h3-5,7,9H,2,6H2,1H3,(H,15,16)(H,17,18). The average molecular weight is 294 g/mol. The lowest BCUT2D eigenvalue weighted by molar-refractivity contribution is -0.141. The second-order valence-electron chi connectivity index (χ2n) is 4.16. The fraction of sp³-hybridized carbons (Fsp3) is 0.308. The molecule has 0 aliphatic heterocycles. The highest BCUT2D eigenvalue weighted by Crippen LogP contribution is 2.23. The molecular weight excluding hydrogens is 280 g/mol. The molecule has 20 heavy (non-hydrogen) atoms. The van der Waals surface area contributed by atoms with Crippen molar-refractivity contribution in [1.29, 1.82) is 0 Å². The van der Waals surface area contributed by atoms with Crippen molar-refractivity contribution in [1.82, 2.24) is 10.3 Å². The second-order valence-corrected chi connectivity index (χ2v) is 5.11. The molecule has 0 aliphatic carbocycles. The number of rotatable bonds is 6.